The molecule has 3 fully saturated rings. The Labute approximate surface area is 151 Å². The topological polar surface area (TPSA) is 90.9 Å². The number of hydrogen-bond donors (Lipinski definition) is 1. The van der Waals surface area contributed by atoms with E-state index in [1.165, 1.54) is 0 Å². The van der Waals surface area contributed by atoms with Crippen LogP contribution in [0, 0.1) is 23.7 Å². The molecule has 1 saturated heterocycles. The van der Waals surface area contributed by atoms with Gasteiger partial charge in [-0.05, 0) is 37.8 Å². The van der Waals surface area contributed by atoms with Gasteiger partial charge in [0.15, 0.2) is 6.61 Å². The van der Waals surface area contributed by atoms with E-state index in [0.717, 1.165) is 12.8 Å². The molecule has 2 bridgehead atoms. The number of esters is 2. The first-order chi connectivity index (χ1) is 12.6. The first-order valence-corrected chi connectivity index (χ1v) is 8.97. The number of nitrogens with one attached hydrogen (secondary N) is 1. The molecule has 26 heavy (non-hydrogen) atoms. The van der Waals surface area contributed by atoms with E-state index < -0.39 is 30.3 Å². The van der Waals surface area contributed by atoms with Gasteiger partial charge < -0.3 is 19.5 Å². The lowest BCUT2D eigenvalue weighted by Gasteiger charge is -2.22. The maximum Gasteiger partial charge on any atom is 0.310 e. The summed E-state index contributed by atoms with van der Waals surface area (Å²) >= 11 is 0. The molecule has 138 valence electrons. The van der Waals surface area contributed by atoms with Gasteiger partial charge in [-0.1, -0.05) is 12.1 Å². The SMILES string of the molecule is CCOc1ccccc1NC(=O)COC(=O)C1C2CC3OC(=O)C1C3C2. The van der Waals surface area contributed by atoms with E-state index >= 15 is 0 Å². The van der Waals surface area contributed by atoms with Crippen molar-refractivity contribution in [1.82, 2.24) is 0 Å². The van der Waals surface area contributed by atoms with Gasteiger partial charge in [-0.15, -0.1) is 0 Å². The molecule has 1 aliphatic heterocycles. The number of amides is 1. The minimum atomic E-state index is -0.479. The van der Waals surface area contributed by atoms with Crippen LogP contribution in [0.4, 0.5) is 5.69 Å². The lowest BCUT2D eigenvalue weighted by Crippen LogP contribution is -2.35. The Morgan fingerprint density at radius 2 is 2.08 bits per heavy atom. The number of fused-ring (bicyclic) bond motifs is 1. The molecular weight excluding hydrogens is 338 g/mol. The van der Waals surface area contributed by atoms with E-state index in [2.05, 4.69) is 5.32 Å². The number of benzene rings is 1. The Morgan fingerprint density at radius 3 is 2.88 bits per heavy atom. The predicted octanol–water partition coefficient (Wildman–Crippen LogP) is 1.76. The molecule has 3 aliphatic rings. The Kier molecular flexibility index (Phi) is 4.30. The number of hydrogen-bond acceptors (Lipinski definition) is 6. The lowest BCUT2D eigenvalue weighted by atomic mass is 9.80. The summed E-state index contributed by atoms with van der Waals surface area (Å²) in [5.41, 5.74) is 0.525. The molecule has 1 aromatic carbocycles. The molecule has 4 rings (SSSR count). The van der Waals surface area contributed by atoms with E-state index in [1.54, 1.807) is 18.2 Å². The molecule has 2 aliphatic carbocycles. The van der Waals surface area contributed by atoms with Crippen LogP contribution in [0.1, 0.15) is 19.8 Å². The van der Waals surface area contributed by atoms with Crippen molar-refractivity contribution in [2.45, 2.75) is 25.9 Å². The quantitative estimate of drug-likeness (QED) is 0.779. The first-order valence-electron chi connectivity index (χ1n) is 8.97. The van der Waals surface area contributed by atoms with E-state index in [0.29, 0.717) is 18.0 Å². The molecule has 0 radical (unpaired) electrons. The second-order valence-corrected chi connectivity index (χ2v) is 7.01. The monoisotopic (exact) mass is 359 g/mol. The van der Waals surface area contributed by atoms with Crippen molar-refractivity contribution < 1.29 is 28.6 Å². The first kappa shape index (κ1) is 16.9. The van der Waals surface area contributed by atoms with E-state index in [4.69, 9.17) is 14.2 Å². The molecule has 1 N–H and O–H groups in total. The molecule has 7 heteroatoms. The van der Waals surface area contributed by atoms with Gasteiger partial charge in [-0.2, -0.15) is 0 Å². The number of ether oxygens (including phenoxy) is 3. The van der Waals surface area contributed by atoms with E-state index in [1.807, 2.05) is 13.0 Å². The Balaban J connectivity index is 1.34. The predicted molar refractivity (Wildman–Crippen MR) is 90.3 cm³/mol. The van der Waals surface area contributed by atoms with Crippen LogP contribution in [-0.4, -0.2) is 37.2 Å². The molecule has 1 heterocycles. The van der Waals surface area contributed by atoms with Gasteiger partial charge in [0.2, 0.25) is 0 Å². The Morgan fingerprint density at radius 1 is 1.27 bits per heavy atom. The van der Waals surface area contributed by atoms with E-state index in [-0.39, 0.29) is 23.9 Å². The molecular formula is C19H21NO6. The number of rotatable bonds is 6. The van der Waals surface area contributed by atoms with Gasteiger partial charge in [0.05, 0.1) is 24.1 Å². The van der Waals surface area contributed by atoms with Crippen LogP contribution < -0.4 is 10.1 Å². The van der Waals surface area contributed by atoms with Gasteiger partial charge >= 0.3 is 11.9 Å². The fourth-order valence-corrected chi connectivity index (χ4v) is 4.60. The van der Waals surface area contributed by atoms with E-state index in [9.17, 15) is 14.4 Å². The standard InChI is InChI=1S/C19H21NO6/c1-2-24-13-6-4-3-5-12(13)20-15(21)9-25-18(22)16-10-7-11-14(8-10)26-19(23)17(11)16/h3-6,10-11,14,16-17H,2,7-9H2,1H3,(H,20,21). The maximum absolute atomic E-state index is 12.5. The summed E-state index contributed by atoms with van der Waals surface area (Å²) in [7, 11) is 0. The van der Waals surface area contributed by atoms with Crippen LogP contribution in [0.3, 0.4) is 0 Å². The third kappa shape index (κ3) is 2.81. The highest BCUT2D eigenvalue weighted by Crippen LogP contribution is 2.57. The van der Waals surface area contributed by atoms with Crippen molar-refractivity contribution in [3.05, 3.63) is 24.3 Å². The molecule has 1 aromatic rings. The summed E-state index contributed by atoms with van der Waals surface area (Å²) in [6.45, 7) is 1.94. The Bertz CT molecular complexity index is 745. The normalized spacial score (nSPS) is 30.8. The van der Waals surface area contributed by atoms with Crippen LogP contribution >= 0.6 is 0 Å². The zero-order valence-corrected chi connectivity index (χ0v) is 14.5. The lowest BCUT2D eigenvalue weighted by molar-refractivity contribution is -0.157. The highest BCUT2D eigenvalue weighted by molar-refractivity contribution is 5.94. The molecule has 5 unspecified atom stereocenters. The van der Waals surface area contributed by atoms with Crippen LogP contribution in [0.25, 0.3) is 0 Å². The summed E-state index contributed by atoms with van der Waals surface area (Å²) in [6.07, 6.45) is 1.52. The summed E-state index contributed by atoms with van der Waals surface area (Å²) in [5.74, 6) is -1.27. The summed E-state index contributed by atoms with van der Waals surface area (Å²) in [6, 6.07) is 7.06. The second-order valence-electron chi connectivity index (χ2n) is 7.01. The number of carbonyl (C=O) groups excluding carboxylic acids is 3. The molecule has 0 aromatic heterocycles. The van der Waals surface area contributed by atoms with Crippen molar-refractivity contribution in [3.63, 3.8) is 0 Å². The van der Waals surface area contributed by atoms with Gasteiger partial charge in [-0.3, -0.25) is 14.4 Å². The highest BCUT2D eigenvalue weighted by Gasteiger charge is 2.64. The van der Waals surface area contributed by atoms with Gasteiger partial charge in [0.1, 0.15) is 11.9 Å². The minimum Gasteiger partial charge on any atom is -0.492 e. The number of para-hydroxylation sites is 2. The van der Waals surface area contributed by atoms with Crippen molar-refractivity contribution in [3.8, 4) is 5.75 Å². The highest BCUT2D eigenvalue weighted by atomic mass is 16.6. The third-order valence-electron chi connectivity index (χ3n) is 5.56. The van der Waals surface area contributed by atoms with Crippen LogP contribution in [-0.2, 0) is 23.9 Å². The van der Waals surface area contributed by atoms with Crippen molar-refractivity contribution in [2.24, 2.45) is 23.7 Å². The molecule has 5 atom stereocenters. The Hall–Kier alpha value is -2.57. The largest absolute Gasteiger partial charge is 0.492 e. The molecule has 1 amide bonds. The fraction of sp³-hybridized carbons (Fsp3) is 0.526. The third-order valence-corrected chi connectivity index (χ3v) is 5.56. The summed E-state index contributed by atoms with van der Waals surface area (Å²) in [4.78, 5) is 36.6. The van der Waals surface area contributed by atoms with Crippen molar-refractivity contribution in [2.75, 3.05) is 18.5 Å². The fourth-order valence-electron chi connectivity index (χ4n) is 4.60. The van der Waals surface area contributed by atoms with Gasteiger partial charge in [0.25, 0.3) is 5.91 Å². The smallest absolute Gasteiger partial charge is 0.310 e. The molecule has 7 nitrogen and oxygen atoms in total. The minimum absolute atomic E-state index is 0.0279. The zero-order valence-electron chi connectivity index (χ0n) is 14.5. The van der Waals surface area contributed by atoms with Crippen molar-refractivity contribution in [1.29, 1.82) is 0 Å². The summed E-state index contributed by atoms with van der Waals surface area (Å²) in [5, 5.41) is 2.68. The van der Waals surface area contributed by atoms with Gasteiger partial charge in [0, 0.05) is 5.92 Å². The number of carbonyl (C=O) groups is 3. The van der Waals surface area contributed by atoms with Crippen LogP contribution in [0.15, 0.2) is 24.3 Å². The molecule has 2 saturated carbocycles. The summed E-state index contributed by atoms with van der Waals surface area (Å²) < 4.78 is 16.0. The van der Waals surface area contributed by atoms with Crippen LogP contribution in [0.5, 0.6) is 5.75 Å². The number of anilines is 1. The average molecular weight is 359 g/mol. The zero-order chi connectivity index (χ0) is 18.3. The van der Waals surface area contributed by atoms with Gasteiger partial charge in [-0.25, -0.2) is 0 Å². The molecule has 0 spiro atoms. The second kappa shape index (κ2) is 6.63. The van der Waals surface area contributed by atoms with Crippen LogP contribution in [0.2, 0.25) is 0 Å². The van der Waals surface area contributed by atoms with Crippen molar-refractivity contribution >= 4 is 23.5 Å². The average Bonchev–Trinajstić information content (AvgIpc) is 3.24. The maximum atomic E-state index is 12.5.